The van der Waals surface area contributed by atoms with Crippen LogP contribution in [0.5, 0.6) is 5.75 Å². The first-order chi connectivity index (χ1) is 11.6. The average molecular weight is 349 g/mol. The van der Waals surface area contributed by atoms with Crippen LogP contribution in [0.1, 0.15) is 19.3 Å². The molecule has 1 aliphatic heterocycles. The highest BCUT2D eigenvalue weighted by Crippen LogP contribution is 2.29. The highest BCUT2D eigenvalue weighted by molar-refractivity contribution is 6.35. The minimum atomic E-state index is -0.895. The minimum absolute atomic E-state index is 0.0306. The van der Waals surface area contributed by atoms with Crippen LogP contribution in [0.25, 0.3) is 10.9 Å². The maximum absolute atomic E-state index is 12.4. The van der Waals surface area contributed by atoms with E-state index in [2.05, 4.69) is 4.98 Å². The molecule has 1 aromatic carbocycles. The summed E-state index contributed by atoms with van der Waals surface area (Å²) in [4.78, 5) is 29.1. The Hall–Kier alpha value is -2.34. The lowest BCUT2D eigenvalue weighted by atomic mass is 10.1. The Morgan fingerprint density at radius 2 is 2.21 bits per heavy atom. The smallest absolute Gasteiger partial charge is 0.305 e. The van der Waals surface area contributed by atoms with E-state index in [0.29, 0.717) is 29.3 Å². The Balaban J connectivity index is 1.71. The second kappa shape index (κ2) is 7.05. The molecule has 1 amide bonds. The fourth-order valence-electron chi connectivity index (χ4n) is 3.03. The molecule has 1 saturated heterocycles. The number of carboxylic acid groups (broad SMARTS) is 1. The van der Waals surface area contributed by atoms with Gasteiger partial charge in [-0.25, -0.2) is 0 Å². The fraction of sp³-hybridized carbons (Fsp3) is 0.353. The number of benzene rings is 1. The first-order valence-electron chi connectivity index (χ1n) is 7.73. The molecule has 0 saturated carbocycles. The molecule has 2 heterocycles. The van der Waals surface area contributed by atoms with Crippen molar-refractivity contribution in [3.63, 3.8) is 0 Å². The zero-order chi connectivity index (χ0) is 17.1. The van der Waals surface area contributed by atoms with Crippen molar-refractivity contribution in [3.8, 4) is 5.75 Å². The van der Waals surface area contributed by atoms with Crippen molar-refractivity contribution in [2.24, 2.45) is 0 Å². The third kappa shape index (κ3) is 3.43. The number of fused-ring (bicyclic) bond motifs is 1. The van der Waals surface area contributed by atoms with Crippen molar-refractivity contribution in [2.75, 3.05) is 13.2 Å². The molecule has 0 spiro atoms. The van der Waals surface area contributed by atoms with Crippen molar-refractivity contribution in [1.29, 1.82) is 0 Å². The third-order valence-electron chi connectivity index (χ3n) is 4.14. The first kappa shape index (κ1) is 16.5. The van der Waals surface area contributed by atoms with Crippen molar-refractivity contribution >= 4 is 34.4 Å². The van der Waals surface area contributed by atoms with Crippen LogP contribution in [0.2, 0.25) is 5.02 Å². The number of carbonyl (C=O) groups is 2. The highest BCUT2D eigenvalue weighted by Gasteiger charge is 2.30. The molecule has 0 bridgehead atoms. The van der Waals surface area contributed by atoms with E-state index in [1.54, 1.807) is 29.3 Å². The van der Waals surface area contributed by atoms with Gasteiger partial charge in [0.15, 0.2) is 6.61 Å². The molecule has 1 fully saturated rings. The van der Waals surface area contributed by atoms with Crippen LogP contribution < -0.4 is 4.74 Å². The molecule has 1 aromatic heterocycles. The van der Waals surface area contributed by atoms with Crippen molar-refractivity contribution in [1.82, 2.24) is 9.88 Å². The van der Waals surface area contributed by atoms with Gasteiger partial charge in [0.05, 0.1) is 11.4 Å². The van der Waals surface area contributed by atoms with Crippen LogP contribution in [0, 0.1) is 0 Å². The van der Waals surface area contributed by atoms with Crippen LogP contribution in [0.4, 0.5) is 0 Å². The Labute approximate surface area is 144 Å². The van der Waals surface area contributed by atoms with Crippen molar-refractivity contribution < 1.29 is 19.4 Å². The summed E-state index contributed by atoms with van der Waals surface area (Å²) >= 11 is 6.14. The third-order valence-corrected chi connectivity index (χ3v) is 4.47. The maximum atomic E-state index is 12.4. The number of rotatable bonds is 5. The monoisotopic (exact) mass is 348 g/mol. The zero-order valence-corrected chi connectivity index (χ0v) is 13.7. The van der Waals surface area contributed by atoms with Gasteiger partial charge in [0.25, 0.3) is 5.91 Å². The SMILES string of the molecule is O=C(O)CC1CCCN1C(=O)COc1ccc(Cl)c2cccnc12. The fourth-order valence-corrected chi connectivity index (χ4v) is 3.24. The maximum Gasteiger partial charge on any atom is 0.305 e. The summed E-state index contributed by atoms with van der Waals surface area (Å²) in [5.74, 6) is -0.622. The Morgan fingerprint density at radius 3 is 3.00 bits per heavy atom. The van der Waals surface area contributed by atoms with Crippen molar-refractivity contribution in [3.05, 3.63) is 35.5 Å². The number of ether oxygens (including phenoxy) is 1. The zero-order valence-electron chi connectivity index (χ0n) is 12.9. The number of nitrogens with zero attached hydrogens (tertiary/aromatic N) is 2. The summed E-state index contributed by atoms with van der Waals surface area (Å²) in [6.45, 7) is 0.420. The van der Waals surface area contributed by atoms with E-state index >= 15 is 0 Å². The first-order valence-corrected chi connectivity index (χ1v) is 8.11. The largest absolute Gasteiger partial charge is 0.481 e. The van der Waals surface area contributed by atoms with Gasteiger partial charge >= 0.3 is 5.97 Å². The summed E-state index contributed by atoms with van der Waals surface area (Å²) in [5, 5.41) is 10.3. The predicted molar refractivity (Wildman–Crippen MR) is 89.2 cm³/mol. The molecule has 1 N–H and O–H groups in total. The molecule has 1 aliphatic rings. The summed E-state index contributed by atoms with van der Waals surface area (Å²) < 4.78 is 5.64. The molecular formula is C17H17ClN2O4. The molecule has 0 radical (unpaired) electrons. The Bertz CT molecular complexity index is 780. The van der Waals surface area contributed by atoms with Crippen molar-refractivity contribution in [2.45, 2.75) is 25.3 Å². The molecule has 1 unspecified atom stereocenters. The molecule has 3 rings (SSSR count). The van der Waals surface area contributed by atoms with Gasteiger partial charge in [0.1, 0.15) is 11.3 Å². The van der Waals surface area contributed by atoms with E-state index in [9.17, 15) is 9.59 Å². The lowest BCUT2D eigenvalue weighted by Gasteiger charge is -2.23. The second-order valence-electron chi connectivity index (χ2n) is 5.71. The van der Waals surface area contributed by atoms with Gasteiger partial charge in [-0.2, -0.15) is 0 Å². The number of carbonyl (C=O) groups excluding carboxylic acids is 1. The normalized spacial score (nSPS) is 17.2. The van der Waals surface area contributed by atoms with Gasteiger partial charge in [-0.3, -0.25) is 14.6 Å². The number of amides is 1. The minimum Gasteiger partial charge on any atom is -0.481 e. The Morgan fingerprint density at radius 1 is 1.38 bits per heavy atom. The van der Waals surface area contributed by atoms with Crippen LogP contribution in [-0.2, 0) is 9.59 Å². The summed E-state index contributed by atoms with van der Waals surface area (Å²) in [6, 6.07) is 6.75. The number of carboxylic acids is 1. The molecular weight excluding hydrogens is 332 g/mol. The van der Waals surface area contributed by atoms with Crippen LogP contribution in [0.15, 0.2) is 30.5 Å². The van der Waals surface area contributed by atoms with Crippen LogP contribution >= 0.6 is 11.6 Å². The molecule has 2 aromatic rings. The van der Waals surface area contributed by atoms with Gasteiger partial charge in [-0.15, -0.1) is 0 Å². The Kier molecular flexibility index (Phi) is 4.85. The number of hydrogen-bond acceptors (Lipinski definition) is 4. The number of halogens is 1. The molecule has 126 valence electrons. The number of hydrogen-bond donors (Lipinski definition) is 1. The summed E-state index contributed by atoms with van der Waals surface area (Å²) in [6.07, 6.45) is 3.13. The van der Waals surface area contributed by atoms with Gasteiger partial charge in [-0.1, -0.05) is 11.6 Å². The standard InChI is InChI=1S/C17H17ClN2O4/c18-13-5-6-14(17-12(13)4-1-7-19-17)24-10-15(21)20-8-2-3-11(20)9-16(22)23/h1,4-7,11H,2-3,8-10H2,(H,22,23). The number of aliphatic carboxylic acids is 1. The number of aromatic nitrogens is 1. The lowest BCUT2D eigenvalue weighted by Crippen LogP contribution is -2.39. The molecule has 0 aliphatic carbocycles. The number of pyridine rings is 1. The van der Waals surface area contributed by atoms with E-state index in [1.165, 1.54) is 0 Å². The lowest BCUT2D eigenvalue weighted by molar-refractivity contribution is -0.140. The predicted octanol–water partition coefficient (Wildman–Crippen LogP) is 2.73. The molecule has 6 nitrogen and oxygen atoms in total. The van der Waals surface area contributed by atoms with E-state index in [-0.39, 0.29) is 25.0 Å². The van der Waals surface area contributed by atoms with Gasteiger partial charge < -0.3 is 14.7 Å². The van der Waals surface area contributed by atoms with E-state index in [1.807, 2.05) is 6.07 Å². The second-order valence-corrected chi connectivity index (χ2v) is 6.12. The van der Waals surface area contributed by atoms with Crippen LogP contribution in [-0.4, -0.2) is 46.1 Å². The average Bonchev–Trinajstić information content (AvgIpc) is 3.02. The van der Waals surface area contributed by atoms with Gasteiger partial charge in [-0.05, 0) is 37.1 Å². The number of likely N-dealkylation sites (tertiary alicyclic amines) is 1. The quantitative estimate of drug-likeness (QED) is 0.898. The van der Waals surface area contributed by atoms with E-state index < -0.39 is 5.97 Å². The van der Waals surface area contributed by atoms with E-state index in [0.717, 1.165) is 11.8 Å². The van der Waals surface area contributed by atoms with Crippen LogP contribution in [0.3, 0.4) is 0 Å². The summed E-state index contributed by atoms with van der Waals surface area (Å²) in [5.41, 5.74) is 0.598. The molecule has 1 atom stereocenters. The highest BCUT2D eigenvalue weighted by atomic mass is 35.5. The molecule has 7 heteroatoms. The molecule has 24 heavy (non-hydrogen) atoms. The topological polar surface area (TPSA) is 79.7 Å². The summed E-state index contributed by atoms with van der Waals surface area (Å²) in [7, 11) is 0. The van der Waals surface area contributed by atoms with E-state index in [4.69, 9.17) is 21.4 Å². The van der Waals surface area contributed by atoms with Gasteiger partial charge in [0, 0.05) is 24.2 Å². The van der Waals surface area contributed by atoms with Gasteiger partial charge in [0.2, 0.25) is 0 Å².